The van der Waals surface area contributed by atoms with E-state index in [1.165, 1.54) is 46.7 Å². The van der Waals surface area contributed by atoms with Gasteiger partial charge in [0.05, 0.1) is 16.5 Å². The highest BCUT2D eigenvalue weighted by molar-refractivity contribution is 7.99. The van der Waals surface area contributed by atoms with Gasteiger partial charge in [0.25, 0.3) is 15.6 Å². The molecule has 1 aliphatic rings. The van der Waals surface area contributed by atoms with E-state index in [9.17, 15) is 18.0 Å². The van der Waals surface area contributed by atoms with Crippen LogP contribution in [-0.4, -0.2) is 39.6 Å². The Balaban J connectivity index is 1.44. The van der Waals surface area contributed by atoms with Gasteiger partial charge in [0.2, 0.25) is 5.91 Å². The number of amides is 1. The quantitative estimate of drug-likeness (QED) is 0.482. The second-order valence-corrected chi connectivity index (χ2v) is 12.4. The van der Waals surface area contributed by atoms with Crippen LogP contribution in [0.3, 0.4) is 0 Å². The fourth-order valence-corrected chi connectivity index (χ4v) is 5.76. The Morgan fingerprint density at radius 1 is 1.08 bits per heavy atom. The third-order valence-corrected chi connectivity index (χ3v) is 8.08. The number of carbonyl (C=O) groups excluding carboxylic acids is 1. The molecule has 1 amide bonds. The lowest BCUT2D eigenvalue weighted by Crippen LogP contribution is -2.37. The Morgan fingerprint density at radius 2 is 1.78 bits per heavy atom. The Bertz CT molecular complexity index is 1460. The summed E-state index contributed by atoms with van der Waals surface area (Å²) in [4.78, 5) is 38.5. The van der Waals surface area contributed by atoms with Crippen LogP contribution >= 0.6 is 11.8 Å². The van der Waals surface area contributed by atoms with Crippen molar-refractivity contribution in [3.8, 4) is 0 Å². The average molecular weight is 529 g/mol. The number of benzene rings is 1. The van der Waals surface area contributed by atoms with Gasteiger partial charge in [-0.3, -0.25) is 18.9 Å². The molecule has 3 heterocycles. The maximum Gasteiger partial charge on any atom is 0.263 e. The van der Waals surface area contributed by atoms with Crippen LogP contribution in [0.5, 0.6) is 0 Å². The van der Waals surface area contributed by atoms with Gasteiger partial charge >= 0.3 is 0 Å². The summed E-state index contributed by atoms with van der Waals surface area (Å²) in [6.07, 6.45) is 0. The summed E-state index contributed by atoms with van der Waals surface area (Å²) in [6.45, 7) is 9.67. The van der Waals surface area contributed by atoms with Crippen molar-refractivity contribution in [1.29, 1.82) is 0 Å². The maximum atomic E-state index is 12.9. The topological polar surface area (TPSA) is 136 Å². The lowest BCUT2D eigenvalue weighted by Gasteiger charge is -2.26. The lowest BCUT2D eigenvalue weighted by atomic mass is 9.92. The van der Waals surface area contributed by atoms with E-state index in [0.717, 1.165) is 5.69 Å². The molecule has 2 aromatic heterocycles. The second-order valence-electron chi connectivity index (χ2n) is 9.69. The SMILES string of the molecule is Cc1cc(NS(=O)(=O)c2ccc(NC(=O)C3CSc4nc(C(C)(C)C)cc(=O)n4C3)cc2)nc(C)n1. The summed E-state index contributed by atoms with van der Waals surface area (Å²) < 4.78 is 29.5. The van der Waals surface area contributed by atoms with Gasteiger partial charge in [-0.15, -0.1) is 0 Å². The monoisotopic (exact) mass is 528 g/mol. The Morgan fingerprint density at radius 3 is 2.42 bits per heavy atom. The summed E-state index contributed by atoms with van der Waals surface area (Å²) in [6, 6.07) is 8.94. The van der Waals surface area contributed by atoms with Gasteiger partial charge in [-0.2, -0.15) is 0 Å². The Labute approximate surface area is 214 Å². The first-order chi connectivity index (χ1) is 16.8. The zero-order valence-corrected chi connectivity index (χ0v) is 22.3. The number of fused-ring (bicyclic) bond motifs is 1. The van der Waals surface area contributed by atoms with Gasteiger partial charge in [-0.25, -0.2) is 23.4 Å². The molecule has 0 radical (unpaired) electrons. The zero-order chi connectivity index (χ0) is 26.3. The average Bonchev–Trinajstić information content (AvgIpc) is 2.77. The highest BCUT2D eigenvalue weighted by Crippen LogP contribution is 2.28. The van der Waals surface area contributed by atoms with E-state index >= 15 is 0 Å². The summed E-state index contributed by atoms with van der Waals surface area (Å²) in [5.74, 6) is 0.450. The van der Waals surface area contributed by atoms with Crippen molar-refractivity contribution in [1.82, 2.24) is 19.5 Å². The minimum atomic E-state index is -3.87. The fraction of sp³-hybridized carbons (Fsp3) is 0.375. The molecule has 12 heteroatoms. The first kappa shape index (κ1) is 25.8. The molecule has 0 fully saturated rings. The van der Waals surface area contributed by atoms with Crippen molar-refractivity contribution in [3.05, 3.63) is 64.0 Å². The predicted molar refractivity (Wildman–Crippen MR) is 139 cm³/mol. The summed E-state index contributed by atoms with van der Waals surface area (Å²) in [5.41, 5.74) is 1.41. The number of thioether (sulfide) groups is 1. The number of nitrogens with zero attached hydrogens (tertiary/aromatic N) is 4. The lowest BCUT2D eigenvalue weighted by molar-refractivity contribution is -0.119. The first-order valence-electron chi connectivity index (χ1n) is 11.3. The van der Waals surface area contributed by atoms with Crippen molar-refractivity contribution >= 4 is 39.2 Å². The number of anilines is 2. The largest absolute Gasteiger partial charge is 0.326 e. The van der Waals surface area contributed by atoms with Crippen LogP contribution < -0.4 is 15.6 Å². The molecule has 0 bridgehead atoms. The molecular formula is C24H28N6O4S2. The molecule has 36 heavy (non-hydrogen) atoms. The standard InChI is InChI=1S/C24H28N6O4S2/c1-14-10-20(26-15(2)25-14)29-36(33,34)18-8-6-17(7-9-18)27-22(32)16-12-30-21(31)11-19(24(3,4)5)28-23(30)35-13-16/h6-11,16H,12-13H2,1-5H3,(H,27,32)(H,25,26,29). The van der Waals surface area contributed by atoms with Crippen LogP contribution in [0, 0.1) is 19.8 Å². The minimum Gasteiger partial charge on any atom is -0.326 e. The van der Waals surface area contributed by atoms with Gasteiger partial charge in [0, 0.05) is 41.2 Å². The molecule has 2 N–H and O–H groups in total. The molecule has 3 aromatic rings. The van der Waals surface area contributed by atoms with E-state index in [-0.39, 0.29) is 34.1 Å². The molecule has 1 unspecified atom stereocenters. The van der Waals surface area contributed by atoms with Crippen LogP contribution in [0.15, 0.2) is 51.2 Å². The molecule has 190 valence electrons. The van der Waals surface area contributed by atoms with Crippen molar-refractivity contribution in [2.75, 3.05) is 15.8 Å². The van der Waals surface area contributed by atoms with E-state index in [0.29, 0.717) is 28.1 Å². The van der Waals surface area contributed by atoms with Gasteiger partial charge in [0.1, 0.15) is 11.6 Å². The number of aryl methyl sites for hydroxylation is 2. The Hall–Kier alpha value is -3.25. The smallest absolute Gasteiger partial charge is 0.263 e. The van der Waals surface area contributed by atoms with Crippen LogP contribution in [0.25, 0.3) is 0 Å². The van der Waals surface area contributed by atoms with E-state index in [1.807, 2.05) is 20.8 Å². The molecule has 0 saturated heterocycles. The van der Waals surface area contributed by atoms with Gasteiger partial charge in [-0.1, -0.05) is 32.5 Å². The summed E-state index contributed by atoms with van der Waals surface area (Å²) >= 11 is 1.38. The molecule has 1 aromatic carbocycles. The van der Waals surface area contributed by atoms with E-state index in [4.69, 9.17) is 0 Å². The molecule has 4 rings (SSSR count). The first-order valence-corrected chi connectivity index (χ1v) is 13.8. The normalized spacial score (nSPS) is 15.8. The fourth-order valence-electron chi connectivity index (χ4n) is 3.68. The van der Waals surface area contributed by atoms with Crippen molar-refractivity contribution in [2.24, 2.45) is 5.92 Å². The molecule has 0 aliphatic carbocycles. The van der Waals surface area contributed by atoms with Crippen LogP contribution in [-0.2, 0) is 26.8 Å². The van der Waals surface area contributed by atoms with E-state index < -0.39 is 15.9 Å². The van der Waals surface area contributed by atoms with Gasteiger partial charge in [0.15, 0.2) is 5.16 Å². The third kappa shape index (κ3) is 5.76. The van der Waals surface area contributed by atoms with Crippen LogP contribution in [0.4, 0.5) is 11.5 Å². The van der Waals surface area contributed by atoms with Gasteiger partial charge in [-0.05, 0) is 38.1 Å². The number of hydrogen-bond donors (Lipinski definition) is 2. The highest BCUT2D eigenvalue weighted by atomic mass is 32.2. The van der Waals surface area contributed by atoms with Crippen molar-refractivity contribution in [2.45, 2.75) is 56.6 Å². The zero-order valence-electron chi connectivity index (χ0n) is 20.7. The van der Waals surface area contributed by atoms with Crippen molar-refractivity contribution in [3.63, 3.8) is 0 Å². The molecule has 0 saturated carbocycles. The highest BCUT2D eigenvalue weighted by Gasteiger charge is 2.29. The minimum absolute atomic E-state index is 0.0313. The number of rotatable bonds is 5. The van der Waals surface area contributed by atoms with Crippen LogP contribution in [0.1, 0.15) is 38.0 Å². The van der Waals surface area contributed by atoms with Gasteiger partial charge < -0.3 is 5.32 Å². The Kier molecular flexibility index (Phi) is 6.93. The molecule has 0 spiro atoms. The van der Waals surface area contributed by atoms with E-state index in [2.05, 4.69) is 25.0 Å². The number of sulfonamides is 1. The van der Waals surface area contributed by atoms with Crippen molar-refractivity contribution < 1.29 is 13.2 Å². The summed E-state index contributed by atoms with van der Waals surface area (Å²) in [5, 5.41) is 3.44. The summed E-state index contributed by atoms with van der Waals surface area (Å²) in [7, 11) is -3.87. The molecular weight excluding hydrogens is 500 g/mol. The maximum absolute atomic E-state index is 12.9. The van der Waals surface area contributed by atoms with E-state index in [1.54, 1.807) is 19.9 Å². The molecule has 1 atom stereocenters. The van der Waals surface area contributed by atoms with Crippen LogP contribution in [0.2, 0.25) is 0 Å². The number of hydrogen-bond acceptors (Lipinski definition) is 8. The number of carbonyl (C=O) groups is 1. The predicted octanol–water partition coefficient (Wildman–Crippen LogP) is 3.11. The molecule has 10 nitrogen and oxygen atoms in total. The number of nitrogens with one attached hydrogen (secondary N) is 2. The second kappa shape index (κ2) is 9.66. The number of aromatic nitrogens is 4. The third-order valence-electron chi connectivity index (χ3n) is 5.57. The molecule has 1 aliphatic heterocycles.